The molecule has 0 aliphatic carbocycles. The molecule has 0 spiro atoms. The maximum atomic E-state index is 9.80. The fourth-order valence-corrected chi connectivity index (χ4v) is 1.79. The van der Waals surface area contributed by atoms with Crippen LogP contribution in [0.5, 0.6) is 0 Å². The summed E-state index contributed by atoms with van der Waals surface area (Å²) < 4.78 is 5.00. The summed E-state index contributed by atoms with van der Waals surface area (Å²) >= 11 is 0. The van der Waals surface area contributed by atoms with Gasteiger partial charge in [0.05, 0.1) is 12.6 Å². The average Bonchev–Trinajstić information content (AvgIpc) is 2.56. The number of unbranched alkanes of at least 4 members (excludes halogenated alkanes) is 1. The van der Waals surface area contributed by atoms with Crippen LogP contribution in [0.15, 0.2) is 0 Å². The number of hydrogen-bond donors (Lipinski definition) is 5. The van der Waals surface area contributed by atoms with Crippen LogP contribution < -0.4 is 5.32 Å². The molecule has 2 unspecified atom stereocenters. The highest BCUT2D eigenvalue weighted by atomic mass is 16.6. The lowest BCUT2D eigenvalue weighted by Gasteiger charge is -2.20. The second kappa shape index (κ2) is 6.48. The van der Waals surface area contributed by atoms with Gasteiger partial charge < -0.3 is 30.5 Å². The minimum atomic E-state index is -1.18. The van der Waals surface area contributed by atoms with Crippen molar-refractivity contribution in [1.29, 1.82) is 0 Å². The summed E-state index contributed by atoms with van der Waals surface area (Å²) in [6, 6.07) is -0.613. The van der Waals surface area contributed by atoms with Crippen LogP contribution in [0.3, 0.4) is 0 Å². The van der Waals surface area contributed by atoms with E-state index in [1.807, 2.05) is 6.92 Å². The predicted octanol–water partition coefficient (Wildman–Crippen LogP) is -1.82. The number of nitrogens with one attached hydrogen (secondary N) is 1. The SMILES string of the molecule is CCCCN[C@@H]1C(O)OC([C@H](O)CO)[C@@H]1O. The topological polar surface area (TPSA) is 102 Å². The normalized spacial score (nSPS) is 36.6. The van der Waals surface area contributed by atoms with Gasteiger partial charge in [-0.2, -0.15) is 0 Å². The molecule has 0 saturated carbocycles. The van der Waals surface area contributed by atoms with Crippen molar-refractivity contribution < 1.29 is 25.2 Å². The maximum Gasteiger partial charge on any atom is 0.173 e. The fraction of sp³-hybridized carbons (Fsp3) is 1.00. The summed E-state index contributed by atoms with van der Waals surface area (Å²) in [6.07, 6.45) is -2.35. The molecule has 1 rings (SSSR count). The molecule has 0 aromatic rings. The van der Waals surface area contributed by atoms with Crippen LogP contribution in [-0.2, 0) is 4.74 Å². The Morgan fingerprint density at radius 3 is 2.62 bits per heavy atom. The maximum absolute atomic E-state index is 9.80. The minimum absolute atomic E-state index is 0.504. The second-order valence-electron chi connectivity index (χ2n) is 4.07. The van der Waals surface area contributed by atoms with Crippen molar-refractivity contribution in [3.63, 3.8) is 0 Å². The molecule has 1 fully saturated rings. The number of aliphatic hydroxyl groups is 4. The summed E-state index contributed by atoms with van der Waals surface area (Å²) in [7, 11) is 0. The molecule has 1 aliphatic heterocycles. The molecule has 0 amide bonds. The molecule has 5 atom stereocenters. The summed E-state index contributed by atoms with van der Waals surface area (Å²) in [5.74, 6) is 0. The van der Waals surface area contributed by atoms with Gasteiger partial charge in [-0.3, -0.25) is 0 Å². The number of hydrogen-bond acceptors (Lipinski definition) is 6. The third-order valence-electron chi connectivity index (χ3n) is 2.78. The van der Waals surface area contributed by atoms with E-state index < -0.39 is 37.3 Å². The van der Waals surface area contributed by atoms with Crippen LogP contribution in [0.2, 0.25) is 0 Å². The van der Waals surface area contributed by atoms with E-state index in [2.05, 4.69) is 5.32 Å². The molecule has 6 nitrogen and oxygen atoms in total. The van der Waals surface area contributed by atoms with Gasteiger partial charge in [0, 0.05) is 0 Å². The van der Waals surface area contributed by atoms with Crippen molar-refractivity contribution >= 4 is 0 Å². The molecule has 6 heteroatoms. The van der Waals surface area contributed by atoms with E-state index in [0.29, 0.717) is 6.54 Å². The third kappa shape index (κ3) is 3.13. The van der Waals surface area contributed by atoms with E-state index in [9.17, 15) is 15.3 Å². The molecule has 16 heavy (non-hydrogen) atoms. The molecule has 0 aromatic carbocycles. The zero-order valence-corrected chi connectivity index (χ0v) is 9.41. The van der Waals surface area contributed by atoms with Gasteiger partial charge in [0.15, 0.2) is 6.29 Å². The first-order valence-corrected chi connectivity index (χ1v) is 5.65. The van der Waals surface area contributed by atoms with Crippen LogP contribution in [0.1, 0.15) is 19.8 Å². The zero-order chi connectivity index (χ0) is 12.1. The lowest BCUT2D eigenvalue weighted by molar-refractivity contribution is -0.139. The summed E-state index contributed by atoms with van der Waals surface area (Å²) in [5, 5.41) is 40.4. The van der Waals surface area contributed by atoms with Gasteiger partial charge in [-0.05, 0) is 13.0 Å². The molecule has 0 bridgehead atoms. The highest BCUT2D eigenvalue weighted by Crippen LogP contribution is 2.22. The van der Waals surface area contributed by atoms with Gasteiger partial charge in [0.25, 0.3) is 0 Å². The second-order valence-corrected chi connectivity index (χ2v) is 4.07. The first-order valence-electron chi connectivity index (χ1n) is 5.65. The highest BCUT2D eigenvalue weighted by molar-refractivity contribution is 4.94. The molecule has 0 radical (unpaired) electrons. The molecule has 1 saturated heterocycles. The van der Waals surface area contributed by atoms with E-state index in [-0.39, 0.29) is 0 Å². The number of rotatable bonds is 6. The van der Waals surface area contributed by atoms with Crippen molar-refractivity contribution in [2.45, 2.75) is 50.4 Å². The van der Waals surface area contributed by atoms with E-state index >= 15 is 0 Å². The summed E-state index contributed by atoms with van der Waals surface area (Å²) in [5.41, 5.74) is 0. The summed E-state index contributed by atoms with van der Waals surface area (Å²) in [6.45, 7) is 2.20. The first kappa shape index (κ1) is 13.8. The Hall–Kier alpha value is -0.240. The predicted molar refractivity (Wildman–Crippen MR) is 56.7 cm³/mol. The molecule has 96 valence electrons. The minimum Gasteiger partial charge on any atom is -0.394 e. The molecule has 0 aromatic heterocycles. The summed E-state index contributed by atoms with van der Waals surface area (Å²) in [4.78, 5) is 0. The molecular weight excluding hydrogens is 214 g/mol. The lowest BCUT2D eigenvalue weighted by atomic mass is 10.0. The van der Waals surface area contributed by atoms with Crippen LogP contribution in [0.25, 0.3) is 0 Å². The molecule has 5 N–H and O–H groups in total. The van der Waals surface area contributed by atoms with Crippen molar-refractivity contribution in [2.75, 3.05) is 13.2 Å². The molecule has 1 heterocycles. The van der Waals surface area contributed by atoms with Gasteiger partial charge in [-0.25, -0.2) is 0 Å². The van der Waals surface area contributed by atoms with Crippen LogP contribution >= 0.6 is 0 Å². The first-order chi connectivity index (χ1) is 7.61. The number of ether oxygens (including phenoxy) is 1. The van der Waals surface area contributed by atoms with Gasteiger partial charge in [0.1, 0.15) is 18.3 Å². The van der Waals surface area contributed by atoms with Gasteiger partial charge in [-0.15, -0.1) is 0 Å². The Labute approximate surface area is 94.9 Å². The fourth-order valence-electron chi connectivity index (χ4n) is 1.79. The van der Waals surface area contributed by atoms with E-state index in [1.165, 1.54) is 0 Å². The molecular formula is C10H21NO5. The third-order valence-corrected chi connectivity index (χ3v) is 2.78. The zero-order valence-electron chi connectivity index (χ0n) is 9.41. The lowest BCUT2D eigenvalue weighted by Crippen LogP contribution is -2.47. The Bertz CT molecular complexity index is 204. The standard InChI is InChI=1S/C10H21NO5/c1-2-3-4-11-7-8(14)9(6(13)5-12)16-10(7)15/h6-15H,2-5H2,1H3/t6-,7+,8-,9?,10?/m1/s1. The monoisotopic (exact) mass is 235 g/mol. The molecule has 1 aliphatic rings. The quantitative estimate of drug-likeness (QED) is 0.347. The van der Waals surface area contributed by atoms with Crippen LogP contribution in [0, 0.1) is 0 Å². The van der Waals surface area contributed by atoms with E-state index in [1.54, 1.807) is 0 Å². The largest absolute Gasteiger partial charge is 0.394 e. The van der Waals surface area contributed by atoms with Gasteiger partial charge in [-0.1, -0.05) is 13.3 Å². The highest BCUT2D eigenvalue weighted by Gasteiger charge is 2.45. The number of aliphatic hydroxyl groups excluding tert-OH is 4. The van der Waals surface area contributed by atoms with Gasteiger partial charge >= 0.3 is 0 Å². The Kier molecular flexibility index (Phi) is 5.60. The smallest absolute Gasteiger partial charge is 0.173 e. The average molecular weight is 235 g/mol. The Morgan fingerprint density at radius 2 is 2.06 bits per heavy atom. The Balaban J connectivity index is 2.46. The van der Waals surface area contributed by atoms with Crippen molar-refractivity contribution in [2.24, 2.45) is 0 Å². The van der Waals surface area contributed by atoms with Gasteiger partial charge in [0.2, 0.25) is 0 Å². The van der Waals surface area contributed by atoms with E-state index in [0.717, 1.165) is 12.8 Å². The van der Waals surface area contributed by atoms with Crippen LogP contribution in [0.4, 0.5) is 0 Å². The Morgan fingerprint density at radius 1 is 1.38 bits per heavy atom. The van der Waals surface area contributed by atoms with E-state index in [4.69, 9.17) is 9.84 Å². The van der Waals surface area contributed by atoms with Crippen molar-refractivity contribution in [1.82, 2.24) is 5.32 Å². The van der Waals surface area contributed by atoms with Crippen molar-refractivity contribution in [3.05, 3.63) is 0 Å². The van der Waals surface area contributed by atoms with Crippen molar-refractivity contribution in [3.8, 4) is 0 Å². The van der Waals surface area contributed by atoms with Crippen LogP contribution in [-0.4, -0.2) is 64.2 Å².